The summed E-state index contributed by atoms with van der Waals surface area (Å²) in [4.78, 5) is 33.5. The maximum atomic E-state index is 12.4. The summed E-state index contributed by atoms with van der Waals surface area (Å²) in [6.45, 7) is 0.478. The summed E-state index contributed by atoms with van der Waals surface area (Å²) >= 11 is 5.91. The maximum Gasteiger partial charge on any atom is 0.258 e. The topological polar surface area (TPSA) is 75.3 Å². The number of benzene rings is 2. The Morgan fingerprint density at radius 2 is 1.88 bits per heavy atom. The number of nitrogens with zero attached hydrogens (tertiary/aromatic N) is 2. The van der Waals surface area contributed by atoms with E-state index in [1.807, 2.05) is 18.2 Å². The van der Waals surface area contributed by atoms with Crippen molar-refractivity contribution in [1.29, 1.82) is 0 Å². The first-order chi connectivity index (χ1) is 12.6. The Morgan fingerprint density at radius 1 is 1.15 bits per heavy atom. The zero-order valence-corrected chi connectivity index (χ0v) is 15.0. The van der Waals surface area contributed by atoms with Crippen LogP contribution in [0.4, 0.5) is 0 Å². The third-order valence-corrected chi connectivity index (χ3v) is 4.16. The number of nitrogens with one attached hydrogen (secondary N) is 1. The van der Waals surface area contributed by atoms with Gasteiger partial charge in [0, 0.05) is 18.7 Å². The molecular weight excluding hydrogens is 354 g/mol. The van der Waals surface area contributed by atoms with Gasteiger partial charge in [0.1, 0.15) is 12.4 Å². The molecule has 0 saturated carbocycles. The molecule has 0 saturated heterocycles. The molecule has 1 N–H and O–H groups in total. The fourth-order valence-corrected chi connectivity index (χ4v) is 2.77. The smallest absolute Gasteiger partial charge is 0.258 e. The Hall–Kier alpha value is -2.70. The third-order valence-electron chi connectivity index (χ3n) is 3.91. The van der Waals surface area contributed by atoms with Gasteiger partial charge in [-0.05, 0) is 29.8 Å². The highest BCUT2D eigenvalue weighted by atomic mass is 35.5. The van der Waals surface area contributed by atoms with Crippen molar-refractivity contribution < 1.29 is 9.53 Å². The largest absolute Gasteiger partial charge is 0.375 e. The number of rotatable bonds is 6. The van der Waals surface area contributed by atoms with E-state index in [4.69, 9.17) is 16.3 Å². The van der Waals surface area contributed by atoms with Crippen molar-refractivity contribution in [3.63, 3.8) is 0 Å². The van der Waals surface area contributed by atoms with Crippen LogP contribution < -0.4 is 5.56 Å². The fourth-order valence-electron chi connectivity index (χ4n) is 2.65. The molecule has 0 aliphatic heterocycles. The van der Waals surface area contributed by atoms with E-state index in [-0.39, 0.29) is 24.6 Å². The van der Waals surface area contributed by atoms with E-state index in [0.717, 1.165) is 5.56 Å². The Bertz CT molecular complexity index is 970. The van der Waals surface area contributed by atoms with Crippen molar-refractivity contribution in [3.8, 4) is 0 Å². The number of para-hydroxylation sites is 1. The van der Waals surface area contributed by atoms with Gasteiger partial charge in [-0.1, -0.05) is 35.9 Å². The number of fused-ring (bicyclic) bond motifs is 1. The number of ether oxygens (including phenoxy) is 1. The number of methoxy groups -OCH3 is 1. The molecule has 0 radical (unpaired) electrons. The summed E-state index contributed by atoms with van der Waals surface area (Å²) in [6, 6.07) is 14.3. The number of hydrogen-bond donors (Lipinski definition) is 1. The normalized spacial score (nSPS) is 10.8. The van der Waals surface area contributed by atoms with Crippen LogP contribution in [0.25, 0.3) is 10.9 Å². The lowest BCUT2D eigenvalue weighted by Crippen LogP contribution is -2.34. The molecule has 3 aromatic rings. The van der Waals surface area contributed by atoms with Gasteiger partial charge in [0.15, 0.2) is 0 Å². The first-order valence-electron chi connectivity index (χ1n) is 8.06. The van der Waals surface area contributed by atoms with Crippen molar-refractivity contribution in [2.75, 3.05) is 13.7 Å². The third kappa shape index (κ3) is 4.28. The van der Waals surface area contributed by atoms with Gasteiger partial charge in [-0.25, -0.2) is 4.98 Å². The molecule has 0 aliphatic carbocycles. The van der Waals surface area contributed by atoms with Crippen molar-refractivity contribution >= 4 is 28.4 Å². The monoisotopic (exact) mass is 371 g/mol. The van der Waals surface area contributed by atoms with E-state index in [9.17, 15) is 9.59 Å². The van der Waals surface area contributed by atoms with Gasteiger partial charge in [0.2, 0.25) is 5.91 Å². The van der Waals surface area contributed by atoms with Crippen LogP contribution in [0.15, 0.2) is 53.3 Å². The quantitative estimate of drug-likeness (QED) is 0.723. The molecule has 6 nitrogen and oxygen atoms in total. The summed E-state index contributed by atoms with van der Waals surface area (Å²) in [5, 5.41) is 1.15. The number of carbonyl (C=O) groups is 1. The van der Waals surface area contributed by atoms with E-state index in [1.54, 1.807) is 35.2 Å². The van der Waals surface area contributed by atoms with E-state index in [1.165, 1.54) is 7.11 Å². The van der Waals surface area contributed by atoms with Crippen LogP contribution in [0.1, 0.15) is 11.4 Å². The molecule has 1 amide bonds. The van der Waals surface area contributed by atoms with E-state index >= 15 is 0 Å². The van der Waals surface area contributed by atoms with Crippen LogP contribution >= 0.6 is 11.6 Å². The Balaban J connectivity index is 1.88. The highest BCUT2D eigenvalue weighted by Crippen LogP contribution is 2.14. The van der Waals surface area contributed by atoms with Crippen molar-refractivity contribution in [2.24, 2.45) is 0 Å². The molecule has 2 aromatic carbocycles. The Morgan fingerprint density at radius 3 is 2.62 bits per heavy atom. The highest BCUT2D eigenvalue weighted by molar-refractivity contribution is 6.30. The van der Waals surface area contributed by atoms with Crippen LogP contribution in [0.5, 0.6) is 0 Å². The minimum absolute atomic E-state index is 0.0502. The van der Waals surface area contributed by atoms with Crippen molar-refractivity contribution in [1.82, 2.24) is 14.9 Å². The van der Waals surface area contributed by atoms with Crippen LogP contribution in [0, 0.1) is 0 Å². The van der Waals surface area contributed by atoms with E-state index < -0.39 is 0 Å². The molecule has 0 fully saturated rings. The first-order valence-corrected chi connectivity index (χ1v) is 8.43. The molecule has 0 unspecified atom stereocenters. The van der Waals surface area contributed by atoms with Gasteiger partial charge in [-0.3, -0.25) is 9.59 Å². The number of amides is 1. The van der Waals surface area contributed by atoms with Crippen molar-refractivity contribution in [2.45, 2.75) is 13.1 Å². The van der Waals surface area contributed by atoms with Crippen LogP contribution in [0.3, 0.4) is 0 Å². The average Bonchev–Trinajstić information content (AvgIpc) is 2.63. The SMILES string of the molecule is COCC(=O)N(Cc1ccc(Cl)cc1)Cc1nc2ccccc2c(=O)[nH]1. The Labute approximate surface area is 155 Å². The van der Waals surface area contributed by atoms with Gasteiger partial charge >= 0.3 is 0 Å². The summed E-state index contributed by atoms with van der Waals surface area (Å²) in [5.41, 5.74) is 1.29. The zero-order valence-electron chi connectivity index (χ0n) is 14.2. The lowest BCUT2D eigenvalue weighted by atomic mass is 10.2. The number of aromatic nitrogens is 2. The number of halogens is 1. The van der Waals surface area contributed by atoms with Crippen LogP contribution in [-0.2, 0) is 22.6 Å². The molecular formula is C19H18ClN3O3. The minimum Gasteiger partial charge on any atom is -0.375 e. The lowest BCUT2D eigenvalue weighted by Gasteiger charge is -2.22. The number of H-pyrrole nitrogens is 1. The molecule has 7 heteroatoms. The predicted octanol–water partition coefficient (Wildman–Crippen LogP) is 2.75. The zero-order chi connectivity index (χ0) is 18.5. The van der Waals surface area contributed by atoms with E-state index in [2.05, 4.69) is 9.97 Å². The van der Waals surface area contributed by atoms with E-state index in [0.29, 0.717) is 28.3 Å². The van der Waals surface area contributed by atoms with Gasteiger partial charge in [0.05, 0.1) is 17.4 Å². The fraction of sp³-hybridized carbons (Fsp3) is 0.211. The molecule has 0 bridgehead atoms. The molecule has 26 heavy (non-hydrogen) atoms. The highest BCUT2D eigenvalue weighted by Gasteiger charge is 2.16. The molecule has 0 spiro atoms. The molecule has 0 aliphatic rings. The van der Waals surface area contributed by atoms with Crippen molar-refractivity contribution in [3.05, 3.63) is 75.3 Å². The van der Waals surface area contributed by atoms with Gasteiger partial charge < -0.3 is 14.6 Å². The molecule has 3 rings (SSSR count). The van der Waals surface area contributed by atoms with Gasteiger partial charge in [0.25, 0.3) is 5.56 Å². The van der Waals surface area contributed by atoms with Gasteiger partial charge in [-0.2, -0.15) is 0 Å². The standard InChI is InChI=1S/C19H18ClN3O3/c1-26-12-18(24)23(10-13-6-8-14(20)9-7-13)11-17-21-16-5-3-2-4-15(16)19(25)22-17/h2-9H,10-12H2,1H3,(H,21,22,25). The Kier molecular flexibility index (Phi) is 5.65. The summed E-state index contributed by atoms with van der Waals surface area (Å²) in [6.07, 6.45) is 0. The second-order valence-electron chi connectivity index (χ2n) is 5.84. The second kappa shape index (κ2) is 8.12. The first kappa shape index (κ1) is 18.1. The molecule has 1 heterocycles. The summed E-state index contributed by atoms with van der Waals surface area (Å²) < 4.78 is 4.97. The number of carbonyl (C=O) groups excluding carboxylic acids is 1. The predicted molar refractivity (Wildman–Crippen MR) is 99.9 cm³/mol. The number of aromatic amines is 1. The maximum absolute atomic E-state index is 12.4. The molecule has 0 atom stereocenters. The summed E-state index contributed by atoms with van der Waals surface area (Å²) in [5.74, 6) is 0.227. The van der Waals surface area contributed by atoms with Crippen LogP contribution in [0.2, 0.25) is 5.02 Å². The average molecular weight is 372 g/mol. The minimum atomic E-state index is -0.226. The van der Waals surface area contributed by atoms with Gasteiger partial charge in [-0.15, -0.1) is 0 Å². The second-order valence-corrected chi connectivity index (χ2v) is 6.28. The lowest BCUT2D eigenvalue weighted by molar-refractivity contribution is -0.136. The molecule has 1 aromatic heterocycles. The number of hydrogen-bond acceptors (Lipinski definition) is 4. The van der Waals surface area contributed by atoms with Crippen LogP contribution in [-0.4, -0.2) is 34.5 Å². The summed E-state index contributed by atoms with van der Waals surface area (Å²) in [7, 11) is 1.47. The molecule has 134 valence electrons.